The Bertz CT molecular complexity index is 885. The van der Waals surface area contributed by atoms with E-state index in [9.17, 15) is 9.59 Å². The van der Waals surface area contributed by atoms with Gasteiger partial charge in [0.1, 0.15) is 5.60 Å². The first-order valence-electron chi connectivity index (χ1n) is 10.6. The SMILES string of the molecule is COCCC[C@H]1CN(C(=O)c2cccc3ccccc23)CCN1C(=O)OC(C)(C)C. The smallest absolute Gasteiger partial charge is 0.410 e. The minimum Gasteiger partial charge on any atom is -0.444 e. The van der Waals surface area contributed by atoms with E-state index in [2.05, 4.69) is 0 Å². The van der Waals surface area contributed by atoms with Crippen LogP contribution in [0, 0.1) is 0 Å². The molecule has 0 aliphatic carbocycles. The van der Waals surface area contributed by atoms with E-state index < -0.39 is 5.60 Å². The summed E-state index contributed by atoms with van der Waals surface area (Å²) in [7, 11) is 1.67. The van der Waals surface area contributed by atoms with Crippen molar-refractivity contribution in [1.82, 2.24) is 9.80 Å². The van der Waals surface area contributed by atoms with Crippen LogP contribution in [0.1, 0.15) is 44.0 Å². The Morgan fingerprint density at radius 3 is 2.53 bits per heavy atom. The number of fused-ring (bicyclic) bond motifs is 1. The van der Waals surface area contributed by atoms with E-state index in [4.69, 9.17) is 9.47 Å². The Morgan fingerprint density at radius 2 is 1.80 bits per heavy atom. The van der Waals surface area contributed by atoms with Gasteiger partial charge in [-0.2, -0.15) is 0 Å². The molecule has 0 radical (unpaired) electrons. The minimum atomic E-state index is -0.552. The summed E-state index contributed by atoms with van der Waals surface area (Å²) >= 11 is 0. The number of carbonyl (C=O) groups is 2. The summed E-state index contributed by atoms with van der Waals surface area (Å²) < 4.78 is 10.8. The zero-order chi connectivity index (χ0) is 21.7. The van der Waals surface area contributed by atoms with Gasteiger partial charge in [0.05, 0.1) is 6.04 Å². The molecule has 30 heavy (non-hydrogen) atoms. The van der Waals surface area contributed by atoms with Crippen molar-refractivity contribution in [2.24, 2.45) is 0 Å². The fourth-order valence-electron chi connectivity index (χ4n) is 3.89. The Morgan fingerprint density at radius 1 is 1.07 bits per heavy atom. The second-order valence-electron chi connectivity index (χ2n) is 8.74. The number of methoxy groups -OCH3 is 1. The maximum absolute atomic E-state index is 13.4. The molecule has 1 saturated heterocycles. The summed E-state index contributed by atoms with van der Waals surface area (Å²) in [4.78, 5) is 29.7. The highest BCUT2D eigenvalue weighted by molar-refractivity contribution is 6.07. The third-order valence-electron chi connectivity index (χ3n) is 5.30. The molecule has 2 aromatic carbocycles. The molecule has 6 nitrogen and oxygen atoms in total. The van der Waals surface area contributed by atoms with Gasteiger partial charge in [-0.3, -0.25) is 4.79 Å². The van der Waals surface area contributed by atoms with E-state index in [-0.39, 0.29) is 18.0 Å². The molecule has 162 valence electrons. The lowest BCUT2D eigenvalue weighted by Gasteiger charge is -2.42. The van der Waals surface area contributed by atoms with Crippen molar-refractivity contribution in [2.75, 3.05) is 33.4 Å². The molecule has 0 spiro atoms. The molecule has 0 saturated carbocycles. The van der Waals surface area contributed by atoms with Crippen LogP contribution in [0.2, 0.25) is 0 Å². The van der Waals surface area contributed by atoms with Crippen LogP contribution in [0.15, 0.2) is 42.5 Å². The van der Waals surface area contributed by atoms with Gasteiger partial charge in [-0.1, -0.05) is 36.4 Å². The standard InChI is InChI=1S/C24H32N2O4/c1-24(2,3)30-23(28)26-15-14-25(17-19(26)11-8-16-29-4)22(27)21-13-7-10-18-9-5-6-12-20(18)21/h5-7,9-10,12-13,19H,8,11,14-17H2,1-4H3/t19-/m0/s1. The van der Waals surface area contributed by atoms with Gasteiger partial charge < -0.3 is 19.3 Å². The molecule has 0 unspecified atom stereocenters. The van der Waals surface area contributed by atoms with Crippen LogP contribution < -0.4 is 0 Å². The number of hydrogen-bond donors (Lipinski definition) is 0. The summed E-state index contributed by atoms with van der Waals surface area (Å²) in [6, 6.07) is 13.6. The number of hydrogen-bond acceptors (Lipinski definition) is 4. The first-order valence-corrected chi connectivity index (χ1v) is 10.6. The van der Waals surface area contributed by atoms with Crippen molar-refractivity contribution in [1.29, 1.82) is 0 Å². The van der Waals surface area contributed by atoms with E-state index in [1.165, 1.54) is 0 Å². The van der Waals surface area contributed by atoms with Gasteiger partial charge in [-0.15, -0.1) is 0 Å². The molecule has 3 rings (SSSR count). The number of amides is 2. The van der Waals surface area contributed by atoms with E-state index in [0.717, 1.165) is 23.6 Å². The van der Waals surface area contributed by atoms with Crippen molar-refractivity contribution >= 4 is 22.8 Å². The highest BCUT2D eigenvalue weighted by atomic mass is 16.6. The Hall–Kier alpha value is -2.60. The van der Waals surface area contributed by atoms with Gasteiger partial charge in [0.25, 0.3) is 5.91 Å². The molecule has 6 heteroatoms. The van der Waals surface area contributed by atoms with Gasteiger partial charge in [0.2, 0.25) is 0 Å². The topological polar surface area (TPSA) is 59.1 Å². The van der Waals surface area contributed by atoms with Crippen LogP contribution in [-0.4, -0.2) is 66.8 Å². The summed E-state index contributed by atoms with van der Waals surface area (Å²) in [6.45, 7) is 7.66. The number of rotatable bonds is 5. The normalized spacial score (nSPS) is 17.3. The third kappa shape index (κ3) is 5.30. The van der Waals surface area contributed by atoms with Crippen LogP contribution in [0.25, 0.3) is 10.8 Å². The number of piperazine rings is 1. The predicted octanol–water partition coefficient (Wildman–Crippen LogP) is 4.33. The van der Waals surface area contributed by atoms with Crippen LogP contribution >= 0.6 is 0 Å². The van der Waals surface area contributed by atoms with Crippen LogP contribution in [-0.2, 0) is 9.47 Å². The second-order valence-corrected chi connectivity index (χ2v) is 8.74. The average molecular weight is 413 g/mol. The number of benzene rings is 2. The summed E-state index contributed by atoms with van der Waals surface area (Å²) in [5.41, 5.74) is 0.152. The molecule has 0 bridgehead atoms. The van der Waals surface area contributed by atoms with Crippen LogP contribution in [0.3, 0.4) is 0 Å². The molecule has 2 aromatic rings. The zero-order valence-corrected chi connectivity index (χ0v) is 18.4. The van der Waals surface area contributed by atoms with E-state index in [0.29, 0.717) is 31.8 Å². The number of carbonyl (C=O) groups excluding carboxylic acids is 2. The number of ether oxygens (including phenoxy) is 2. The van der Waals surface area contributed by atoms with Crippen molar-refractivity contribution in [3.8, 4) is 0 Å². The fraction of sp³-hybridized carbons (Fsp3) is 0.500. The van der Waals surface area contributed by atoms with Gasteiger partial charge in [-0.25, -0.2) is 4.79 Å². The highest BCUT2D eigenvalue weighted by Gasteiger charge is 2.35. The Kier molecular flexibility index (Phi) is 6.98. The monoisotopic (exact) mass is 412 g/mol. The van der Waals surface area contributed by atoms with Crippen molar-refractivity contribution < 1.29 is 19.1 Å². The lowest BCUT2D eigenvalue weighted by atomic mass is 10.0. The van der Waals surface area contributed by atoms with E-state index in [1.54, 1.807) is 12.0 Å². The molecule has 2 amide bonds. The molecule has 0 N–H and O–H groups in total. The zero-order valence-electron chi connectivity index (χ0n) is 18.4. The molecule has 1 aliphatic rings. The van der Waals surface area contributed by atoms with Crippen molar-refractivity contribution in [3.05, 3.63) is 48.0 Å². The second kappa shape index (κ2) is 9.47. The van der Waals surface area contributed by atoms with E-state index >= 15 is 0 Å². The maximum Gasteiger partial charge on any atom is 0.410 e. The molecule has 1 atom stereocenters. The molecule has 0 aromatic heterocycles. The fourth-order valence-corrected chi connectivity index (χ4v) is 3.89. The van der Waals surface area contributed by atoms with Gasteiger partial charge in [-0.05, 0) is 50.5 Å². The lowest BCUT2D eigenvalue weighted by Crippen LogP contribution is -2.57. The molecule has 1 aliphatic heterocycles. The minimum absolute atomic E-state index is 0.00683. The summed E-state index contributed by atoms with van der Waals surface area (Å²) in [6.07, 6.45) is 1.26. The number of nitrogens with zero attached hydrogens (tertiary/aromatic N) is 2. The quantitative estimate of drug-likeness (QED) is 0.686. The Labute approximate surface area is 178 Å². The average Bonchev–Trinajstić information content (AvgIpc) is 2.71. The third-order valence-corrected chi connectivity index (χ3v) is 5.30. The van der Waals surface area contributed by atoms with Gasteiger partial charge in [0, 0.05) is 38.9 Å². The summed E-state index contributed by atoms with van der Waals surface area (Å²) in [5, 5.41) is 2.00. The van der Waals surface area contributed by atoms with Crippen LogP contribution in [0.5, 0.6) is 0 Å². The van der Waals surface area contributed by atoms with Crippen LogP contribution in [0.4, 0.5) is 4.79 Å². The molecule has 1 heterocycles. The largest absolute Gasteiger partial charge is 0.444 e. The molecular weight excluding hydrogens is 380 g/mol. The summed E-state index contributed by atoms with van der Waals surface area (Å²) in [5.74, 6) is 0.00683. The predicted molar refractivity (Wildman–Crippen MR) is 118 cm³/mol. The van der Waals surface area contributed by atoms with E-state index in [1.807, 2.05) is 68.1 Å². The molecule has 1 fully saturated rings. The molecular formula is C24H32N2O4. The Balaban J connectivity index is 1.79. The lowest BCUT2D eigenvalue weighted by molar-refractivity contribution is -0.00298. The maximum atomic E-state index is 13.4. The highest BCUT2D eigenvalue weighted by Crippen LogP contribution is 2.24. The van der Waals surface area contributed by atoms with Gasteiger partial charge >= 0.3 is 6.09 Å². The van der Waals surface area contributed by atoms with Gasteiger partial charge in [0.15, 0.2) is 0 Å². The first-order chi connectivity index (χ1) is 14.3. The van der Waals surface area contributed by atoms with Crippen molar-refractivity contribution in [2.45, 2.75) is 45.3 Å². The van der Waals surface area contributed by atoms with Crippen molar-refractivity contribution in [3.63, 3.8) is 0 Å². The first kappa shape index (κ1) is 22.1.